The van der Waals surface area contributed by atoms with Gasteiger partial charge in [-0.1, -0.05) is 44.2 Å². The smallest absolute Gasteiger partial charge is 0.410 e. The fourth-order valence-electron chi connectivity index (χ4n) is 6.41. The van der Waals surface area contributed by atoms with Crippen molar-refractivity contribution >= 4 is 35.6 Å². The molecular weight excluding hydrogens is 580 g/mol. The summed E-state index contributed by atoms with van der Waals surface area (Å²) in [5, 5.41) is 5.25. The summed E-state index contributed by atoms with van der Waals surface area (Å²) in [6.45, 7) is 5.34. The maximum absolute atomic E-state index is 13.6. The van der Waals surface area contributed by atoms with E-state index in [-0.39, 0.29) is 36.8 Å². The van der Waals surface area contributed by atoms with Crippen molar-refractivity contribution in [1.82, 2.24) is 25.3 Å². The number of piperidine rings is 1. The number of nitrogens with one attached hydrogen (secondary N) is 2. The first-order valence-corrected chi connectivity index (χ1v) is 16.0. The zero-order chi connectivity index (χ0) is 32.5. The number of hydrogen-bond donors (Lipinski definition) is 3. The van der Waals surface area contributed by atoms with Gasteiger partial charge in [-0.2, -0.15) is 0 Å². The van der Waals surface area contributed by atoms with Gasteiger partial charge in [0.2, 0.25) is 29.5 Å². The second-order valence-electron chi connectivity index (χ2n) is 12.6. The van der Waals surface area contributed by atoms with E-state index in [4.69, 9.17) is 10.5 Å². The summed E-state index contributed by atoms with van der Waals surface area (Å²) in [7, 11) is 0. The Balaban J connectivity index is 1.29. The van der Waals surface area contributed by atoms with Crippen molar-refractivity contribution in [3.63, 3.8) is 0 Å². The van der Waals surface area contributed by atoms with Gasteiger partial charge < -0.3 is 30.9 Å². The van der Waals surface area contributed by atoms with Gasteiger partial charge >= 0.3 is 6.09 Å². The zero-order valence-electron chi connectivity index (χ0n) is 26.2. The van der Waals surface area contributed by atoms with E-state index < -0.39 is 41.9 Å². The number of rotatable bonds is 11. The van der Waals surface area contributed by atoms with Crippen molar-refractivity contribution < 1.29 is 33.5 Å². The van der Waals surface area contributed by atoms with Gasteiger partial charge in [-0.05, 0) is 56.4 Å². The Morgan fingerprint density at radius 3 is 2.16 bits per heavy atom. The Morgan fingerprint density at radius 2 is 1.51 bits per heavy atom. The molecule has 3 aliphatic rings. The summed E-state index contributed by atoms with van der Waals surface area (Å²) in [5.41, 5.74) is 6.02. The van der Waals surface area contributed by atoms with Crippen LogP contribution in [-0.4, -0.2) is 101 Å². The number of carbonyl (C=O) groups excluding carboxylic acids is 6. The van der Waals surface area contributed by atoms with Crippen LogP contribution in [0.1, 0.15) is 64.4 Å². The molecule has 6 amide bonds. The van der Waals surface area contributed by atoms with Crippen LogP contribution in [0.3, 0.4) is 0 Å². The normalized spacial score (nSPS) is 21.0. The lowest BCUT2D eigenvalue weighted by atomic mass is 9.94. The van der Waals surface area contributed by atoms with E-state index in [0.717, 1.165) is 12.0 Å². The van der Waals surface area contributed by atoms with Crippen molar-refractivity contribution in [3.8, 4) is 0 Å². The SMILES string of the molecule is CC(C)C[C@@H](NC(=O)[C@@H]1CCCN1C(=O)C1CCN(C(=O)[C@@H]2CCCN2C(=O)OCc2ccccc2)CC1)C(=O)NCC(N)=O. The molecule has 1 aromatic carbocycles. The van der Waals surface area contributed by atoms with E-state index in [2.05, 4.69) is 10.6 Å². The highest BCUT2D eigenvalue weighted by Gasteiger charge is 2.42. The number of likely N-dealkylation sites (tertiary alicyclic amines) is 3. The van der Waals surface area contributed by atoms with Crippen molar-refractivity contribution in [3.05, 3.63) is 35.9 Å². The molecule has 3 fully saturated rings. The van der Waals surface area contributed by atoms with Crippen molar-refractivity contribution in [1.29, 1.82) is 0 Å². The second-order valence-corrected chi connectivity index (χ2v) is 12.6. The van der Waals surface area contributed by atoms with E-state index in [0.29, 0.717) is 64.7 Å². The molecule has 1 aromatic rings. The highest BCUT2D eigenvalue weighted by molar-refractivity contribution is 5.94. The minimum absolute atomic E-state index is 0.0973. The molecule has 45 heavy (non-hydrogen) atoms. The first-order valence-electron chi connectivity index (χ1n) is 16.0. The fourth-order valence-corrected chi connectivity index (χ4v) is 6.41. The molecule has 0 saturated carbocycles. The van der Waals surface area contributed by atoms with Crippen LogP contribution in [0.2, 0.25) is 0 Å². The molecule has 3 aliphatic heterocycles. The predicted molar refractivity (Wildman–Crippen MR) is 164 cm³/mol. The summed E-state index contributed by atoms with van der Waals surface area (Å²) in [5.74, 6) is -2.05. The summed E-state index contributed by atoms with van der Waals surface area (Å²) in [4.78, 5) is 81.8. The molecule has 13 heteroatoms. The topological polar surface area (TPSA) is 171 Å². The van der Waals surface area contributed by atoms with Crippen LogP contribution in [0.15, 0.2) is 30.3 Å². The Kier molecular flexibility index (Phi) is 11.8. The third kappa shape index (κ3) is 8.95. The van der Waals surface area contributed by atoms with E-state index in [1.165, 1.54) is 4.90 Å². The van der Waals surface area contributed by atoms with Gasteiger partial charge in [0.05, 0.1) is 6.54 Å². The summed E-state index contributed by atoms with van der Waals surface area (Å²) < 4.78 is 5.48. The van der Waals surface area contributed by atoms with Gasteiger partial charge in [0.25, 0.3) is 0 Å². The molecule has 246 valence electrons. The summed E-state index contributed by atoms with van der Waals surface area (Å²) in [6.07, 6.45) is 3.24. The molecule has 13 nitrogen and oxygen atoms in total. The monoisotopic (exact) mass is 626 g/mol. The molecule has 4 rings (SSSR count). The number of nitrogens with two attached hydrogens (primary N) is 1. The highest BCUT2D eigenvalue weighted by Crippen LogP contribution is 2.28. The number of hydrogen-bond acceptors (Lipinski definition) is 7. The molecule has 0 unspecified atom stereocenters. The van der Waals surface area contributed by atoms with E-state index in [9.17, 15) is 28.8 Å². The third-order valence-corrected chi connectivity index (χ3v) is 8.75. The van der Waals surface area contributed by atoms with Crippen LogP contribution in [0.5, 0.6) is 0 Å². The summed E-state index contributed by atoms with van der Waals surface area (Å²) >= 11 is 0. The van der Waals surface area contributed by atoms with Crippen molar-refractivity contribution in [2.75, 3.05) is 32.7 Å². The number of primary amides is 1. The van der Waals surface area contributed by atoms with E-state index >= 15 is 0 Å². The lowest BCUT2D eigenvalue weighted by Crippen LogP contribution is -2.55. The highest BCUT2D eigenvalue weighted by atomic mass is 16.6. The molecule has 3 saturated heterocycles. The van der Waals surface area contributed by atoms with Gasteiger partial charge in [0, 0.05) is 32.1 Å². The first kappa shape index (κ1) is 33.7. The number of ether oxygens (including phenoxy) is 1. The van der Waals surface area contributed by atoms with Gasteiger partial charge in [0.1, 0.15) is 24.7 Å². The zero-order valence-corrected chi connectivity index (χ0v) is 26.2. The van der Waals surface area contributed by atoms with Gasteiger partial charge in [-0.3, -0.25) is 28.9 Å². The van der Waals surface area contributed by atoms with Crippen LogP contribution >= 0.6 is 0 Å². The number of nitrogens with zero attached hydrogens (tertiary/aromatic N) is 3. The van der Waals surface area contributed by atoms with E-state index in [1.807, 2.05) is 44.2 Å². The van der Waals surface area contributed by atoms with Crippen molar-refractivity contribution in [2.45, 2.75) is 83.5 Å². The molecule has 0 bridgehead atoms. The lowest BCUT2D eigenvalue weighted by molar-refractivity contribution is -0.145. The van der Waals surface area contributed by atoms with Gasteiger partial charge in [0.15, 0.2) is 0 Å². The van der Waals surface area contributed by atoms with Crippen LogP contribution in [0.4, 0.5) is 4.79 Å². The van der Waals surface area contributed by atoms with Crippen LogP contribution in [-0.2, 0) is 35.3 Å². The molecule has 3 heterocycles. The van der Waals surface area contributed by atoms with Crippen LogP contribution < -0.4 is 16.4 Å². The molecule has 0 aliphatic carbocycles. The van der Waals surface area contributed by atoms with Crippen LogP contribution in [0.25, 0.3) is 0 Å². The standard InChI is InChI=1S/C32H46N6O7/c1-21(2)18-24(28(40)34-19-27(33)39)35-29(41)25-10-6-14-37(25)30(42)23-12-16-36(17-13-23)31(43)26-11-7-15-38(26)32(44)45-20-22-8-4-3-5-9-22/h3-5,8-9,21,23-26H,6-7,10-20H2,1-2H3,(H2,33,39)(H,34,40)(H,35,41)/t24-,25+,26+/m1/s1. The number of benzene rings is 1. The maximum atomic E-state index is 13.6. The van der Waals surface area contributed by atoms with E-state index in [1.54, 1.807) is 9.80 Å². The van der Waals surface area contributed by atoms with Crippen LogP contribution in [0, 0.1) is 11.8 Å². The Hall–Kier alpha value is -4.16. The average molecular weight is 627 g/mol. The Bertz CT molecular complexity index is 1230. The quantitative estimate of drug-likeness (QED) is 0.331. The third-order valence-electron chi connectivity index (χ3n) is 8.75. The Morgan fingerprint density at radius 1 is 0.867 bits per heavy atom. The second kappa shape index (κ2) is 15.7. The molecule has 0 radical (unpaired) electrons. The number of amides is 6. The fraction of sp³-hybridized carbons (Fsp3) is 0.625. The largest absolute Gasteiger partial charge is 0.445 e. The molecule has 4 N–H and O–H groups in total. The minimum atomic E-state index is -0.852. The lowest BCUT2D eigenvalue weighted by Gasteiger charge is -2.36. The molecular formula is C32H46N6O7. The van der Waals surface area contributed by atoms with Gasteiger partial charge in [-0.25, -0.2) is 4.79 Å². The maximum Gasteiger partial charge on any atom is 0.410 e. The predicted octanol–water partition coefficient (Wildman–Crippen LogP) is 1.15. The molecule has 0 spiro atoms. The molecule has 0 aromatic heterocycles. The van der Waals surface area contributed by atoms with Crippen molar-refractivity contribution in [2.24, 2.45) is 17.6 Å². The molecule has 3 atom stereocenters. The minimum Gasteiger partial charge on any atom is -0.445 e. The summed E-state index contributed by atoms with van der Waals surface area (Å²) in [6, 6.07) is 7.26. The Labute approximate surface area is 264 Å². The average Bonchev–Trinajstić information content (AvgIpc) is 3.73. The first-order chi connectivity index (χ1) is 21.5. The number of carbonyl (C=O) groups is 6. The van der Waals surface area contributed by atoms with Gasteiger partial charge in [-0.15, -0.1) is 0 Å².